The summed E-state index contributed by atoms with van der Waals surface area (Å²) in [5, 5.41) is 33.1. The average molecular weight is 1220 g/mol. The maximum absolute atomic E-state index is 13.3. The molecule has 6 aromatic carbocycles. The van der Waals surface area contributed by atoms with Gasteiger partial charge in [0.15, 0.2) is 0 Å². The third-order valence-corrected chi connectivity index (χ3v) is 13.9. The van der Waals surface area contributed by atoms with E-state index in [4.69, 9.17) is 31.3 Å². The molecule has 0 radical (unpaired) electrons. The second kappa shape index (κ2) is 29.5. The van der Waals surface area contributed by atoms with Crippen LogP contribution in [-0.4, -0.2) is 79.9 Å². The molecule has 0 spiro atoms. The molecule has 0 unspecified atom stereocenters. The summed E-state index contributed by atoms with van der Waals surface area (Å²) >= 11 is 5.58. The fourth-order valence-electron chi connectivity index (χ4n) is 9.10. The molecule has 460 valence electrons. The number of halogens is 1. The number of fused-ring (bicyclic) bond motifs is 2. The van der Waals surface area contributed by atoms with Crippen molar-refractivity contribution in [3.63, 3.8) is 0 Å². The standard InChI is InChI=1S/C34H37N7O3.C33H33ClN6O3.CH5N/c1-22-10-12-24(13-11-22)41-31(19-29(40-41)34(2,3)4)39-33(43)37-27-14-15-28(26-9-7-6-8-25(26)27)44-21-23-16-17-36-30(18-23)38-32(42)20-35-5;1-21-9-11-23(12-10-21)40-30(18-28(39-40)33(2,3)4)38-32(42)36-26-13-14-27(25-8-6-5-7-24(25)26)43-20-22-15-16-35-29(17-22)37-31(41)19-34;1-2/h6-19,35H,20-21H2,1-5H3,(H,36,38,42)(H2,37,39,43);5-18H,19-20H2,1-4H3,(H,35,37,41)(H2,36,38,42);2H2,1H3. The van der Waals surface area contributed by atoms with Crippen LogP contribution in [-0.2, 0) is 33.6 Å². The Labute approximate surface area is 523 Å². The van der Waals surface area contributed by atoms with Crippen molar-refractivity contribution in [2.24, 2.45) is 5.73 Å². The highest BCUT2D eigenvalue weighted by Gasteiger charge is 2.24. The molecule has 4 heterocycles. The predicted molar refractivity (Wildman–Crippen MR) is 356 cm³/mol. The van der Waals surface area contributed by atoms with E-state index in [1.165, 1.54) is 7.05 Å². The van der Waals surface area contributed by atoms with Crippen LogP contribution in [0, 0.1) is 13.8 Å². The molecular formula is C68H75ClN14O6. The first-order valence-electron chi connectivity index (χ1n) is 28.8. The number of hydrogen-bond donors (Lipinski definition) is 8. The molecule has 0 atom stereocenters. The number of nitrogens with one attached hydrogen (secondary N) is 7. The van der Waals surface area contributed by atoms with Gasteiger partial charge in [-0.25, -0.2) is 28.9 Å². The van der Waals surface area contributed by atoms with Gasteiger partial charge >= 0.3 is 12.1 Å². The van der Waals surface area contributed by atoms with Gasteiger partial charge < -0.3 is 41.8 Å². The minimum atomic E-state index is -0.393. The number of alkyl halides is 1. The van der Waals surface area contributed by atoms with Gasteiger partial charge in [-0.05, 0) is 112 Å². The molecule has 6 amide bonds. The van der Waals surface area contributed by atoms with Crippen LogP contribution >= 0.6 is 11.6 Å². The van der Waals surface area contributed by atoms with E-state index >= 15 is 0 Å². The number of aryl methyl sites for hydroxylation is 2. The van der Waals surface area contributed by atoms with Gasteiger partial charge in [-0.3, -0.25) is 20.2 Å². The first kappa shape index (κ1) is 64.8. The molecule has 4 aromatic heterocycles. The van der Waals surface area contributed by atoms with Crippen LogP contribution in [0.4, 0.5) is 44.2 Å². The molecule has 0 aliphatic heterocycles. The second-order valence-electron chi connectivity index (χ2n) is 22.7. The minimum absolute atomic E-state index is 0.152. The van der Waals surface area contributed by atoms with Crippen LogP contribution in [0.1, 0.15) is 75.2 Å². The molecular weight excluding hydrogens is 1140 g/mol. The van der Waals surface area contributed by atoms with Crippen molar-refractivity contribution >= 4 is 91.7 Å². The van der Waals surface area contributed by atoms with Crippen LogP contribution in [0.3, 0.4) is 0 Å². The SMILES string of the molecule is CN.CNCC(=O)Nc1cc(COc2ccc(NC(=O)Nc3cc(C(C)(C)C)nn3-c3ccc(C)cc3)c3ccccc23)ccn1.Cc1ccc(-n2nc(C(C)(C)C)cc2NC(=O)Nc2ccc(OCc3ccnc(NC(=O)CCl)c3)c3ccccc23)cc1. The number of rotatable bonds is 17. The number of aromatic nitrogens is 6. The summed E-state index contributed by atoms with van der Waals surface area (Å²) in [7, 11) is 3.21. The number of carbonyl (C=O) groups excluding carboxylic acids is 4. The highest BCUT2D eigenvalue weighted by molar-refractivity contribution is 6.29. The van der Waals surface area contributed by atoms with E-state index in [-0.39, 0.29) is 54.3 Å². The topological polar surface area (TPSA) is 258 Å². The fourth-order valence-corrected chi connectivity index (χ4v) is 9.17. The Kier molecular flexibility index (Phi) is 21.5. The van der Waals surface area contributed by atoms with Gasteiger partial charge in [0.05, 0.1) is 40.7 Å². The normalized spacial score (nSPS) is 11.1. The number of pyridine rings is 2. The van der Waals surface area contributed by atoms with Crippen LogP contribution in [0.25, 0.3) is 32.9 Å². The Morgan fingerprint density at radius 2 is 0.888 bits per heavy atom. The second-order valence-corrected chi connectivity index (χ2v) is 23.0. The third-order valence-electron chi connectivity index (χ3n) is 13.7. The zero-order chi connectivity index (χ0) is 63.8. The smallest absolute Gasteiger partial charge is 0.324 e. The Hall–Kier alpha value is -10.2. The number of hydrogen-bond acceptors (Lipinski definition) is 12. The molecule has 0 saturated heterocycles. The maximum Gasteiger partial charge on any atom is 0.324 e. The lowest BCUT2D eigenvalue weighted by atomic mass is 9.92. The zero-order valence-corrected chi connectivity index (χ0v) is 52.3. The number of nitrogens with zero attached hydrogens (tertiary/aromatic N) is 6. The molecule has 9 N–H and O–H groups in total. The van der Waals surface area contributed by atoms with Crippen LogP contribution < -0.4 is 52.4 Å². The van der Waals surface area contributed by atoms with Crippen LogP contribution in [0.15, 0.2) is 170 Å². The van der Waals surface area contributed by atoms with Crippen LogP contribution in [0.2, 0.25) is 0 Å². The molecule has 0 aliphatic rings. The van der Waals surface area contributed by atoms with Gasteiger partial charge in [0.1, 0.15) is 53.9 Å². The number of nitrogens with two attached hydrogens (primary N) is 1. The summed E-state index contributed by atoms with van der Waals surface area (Å²) in [5.74, 6) is 2.65. The van der Waals surface area contributed by atoms with Gasteiger partial charge in [-0.2, -0.15) is 10.2 Å². The van der Waals surface area contributed by atoms with Crippen molar-refractivity contribution in [1.29, 1.82) is 0 Å². The molecule has 20 nitrogen and oxygen atoms in total. The molecule has 10 rings (SSSR count). The van der Waals surface area contributed by atoms with E-state index in [1.54, 1.807) is 40.9 Å². The van der Waals surface area contributed by atoms with Crippen molar-refractivity contribution in [1.82, 2.24) is 34.8 Å². The van der Waals surface area contributed by atoms with Crippen LogP contribution in [0.5, 0.6) is 11.5 Å². The lowest BCUT2D eigenvalue weighted by molar-refractivity contribution is -0.115. The highest BCUT2D eigenvalue weighted by Crippen LogP contribution is 2.35. The predicted octanol–water partition coefficient (Wildman–Crippen LogP) is 13.4. The number of ether oxygens (including phenoxy) is 2. The molecule has 0 aliphatic carbocycles. The summed E-state index contributed by atoms with van der Waals surface area (Å²) in [4.78, 5) is 58.5. The van der Waals surface area contributed by atoms with Gasteiger partial charge in [0.25, 0.3) is 0 Å². The van der Waals surface area contributed by atoms with E-state index in [2.05, 4.69) is 94.5 Å². The van der Waals surface area contributed by atoms with Crippen molar-refractivity contribution in [2.45, 2.75) is 79.4 Å². The number of carbonyl (C=O) groups is 4. The highest BCUT2D eigenvalue weighted by atomic mass is 35.5. The van der Waals surface area contributed by atoms with Crippen molar-refractivity contribution in [2.75, 3.05) is 58.4 Å². The van der Waals surface area contributed by atoms with Gasteiger partial charge in [-0.1, -0.05) is 125 Å². The van der Waals surface area contributed by atoms with E-state index < -0.39 is 6.03 Å². The minimum Gasteiger partial charge on any atom is -0.488 e. The Bertz CT molecular complexity index is 4100. The summed E-state index contributed by atoms with van der Waals surface area (Å²) in [6, 6.07) is 48.9. The molecule has 89 heavy (non-hydrogen) atoms. The molecule has 0 saturated carbocycles. The number of likely N-dealkylation sites (N-methyl/N-ethyl adjacent to an activating group) is 1. The summed E-state index contributed by atoms with van der Waals surface area (Å²) in [5.41, 5.74) is 12.8. The fraction of sp³-hybridized carbons (Fsp3) is 0.235. The summed E-state index contributed by atoms with van der Waals surface area (Å²) < 4.78 is 15.8. The molecule has 0 bridgehead atoms. The van der Waals surface area contributed by atoms with E-state index in [0.29, 0.717) is 46.1 Å². The maximum atomic E-state index is 13.3. The first-order chi connectivity index (χ1) is 42.7. The van der Waals surface area contributed by atoms with Gasteiger partial charge in [0, 0.05) is 56.9 Å². The number of anilines is 6. The summed E-state index contributed by atoms with van der Waals surface area (Å²) in [6.45, 7) is 17.3. The van der Waals surface area contributed by atoms with Crippen molar-refractivity contribution in [3.05, 3.63) is 204 Å². The number of benzene rings is 6. The summed E-state index contributed by atoms with van der Waals surface area (Å²) in [6.07, 6.45) is 3.23. The van der Waals surface area contributed by atoms with Gasteiger partial charge in [0.2, 0.25) is 11.8 Å². The monoisotopic (exact) mass is 1220 g/mol. The number of amides is 6. The Balaban J connectivity index is 0.000000224. The Morgan fingerprint density at radius 1 is 0.494 bits per heavy atom. The largest absolute Gasteiger partial charge is 0.488 e. The van der Waals surface area contributed by atoms with Crippen molar-refractivity contribution in [3.8, 4) is 22.9 Å². The van der Waals surface area contributed by atoms with Crippen molar-refractivity contribution < 1.29 is 28.7 Å². The lowest BCUT2D eigenvalue weighted by Gasteiger charge is -2.15. The quantitative estimate of drug-likeness (QED) is 0.0396. The molecule has 21 heteroatoms. The molecule has 10 aromatic rings. The van der Waals surface area contributed by atoms with Gasteiger partial charge in [-0.15, -0.1) is 11.6 Å². The number of urea groups is 2. The zero-order valence-electron chi connectivity index (χ0n) is 51.6. The van der Waals surface area contributed by atoms with E-state index in [1.807, 2.05) is 159 Å². The van der Waals surface area contributed by atoms with E-state index in [0.717, 1.165) is 66.6 Å². The lowest BCUT2D eigenvalue weighted by Crippen LogP contribution is -2.25. The average Bonchev–Trinajstić information content (AvgIpc) is 2.24. The van der Waals surface area contributed by atoms with E-state index in [9.17, 15) is 19.2 Å². The first-order valence-corrected chi connectivity index (χ1v) is 29.3. The third kappa shape index (κ3) is 17.3. The Morgan fingerprint density at radius 3 is 1.27 bits per heavy atom. The molecule has 0 fully saturated rings.